The lowest BCUT2D eigenvalue weighted by molar-refractivity contribution is 0.479. The maximum Gasteiger partial charge on any atom is 0.195 e. The van der Waals surface area contributed by atoms with Crippen molar-refractivity contribution in [3.63, 3.8) is 0 Å². The third-order valence-corrected chi connectivity index (χ3v) is 3.11. The van der Waals surface area contributed by atoms with Crippen LogP contribution in [0.25, 0.3) is 10.9 Å². The van der Waals surface area contributed by atoms with Crippen LogP contribution in [-0.2, 0) is 6.42 Å². The quantitative estimate of drug-likeness (QED) is 0.676. The molecule has 2 aromatic rings. The van der Waals surface area contributed by atoms with Crippen LogP contribution in [0.1, 0.15) is 5.56 Å². The van der Waals surface area contributed by atoms with Crippen LogP contribution in [0.5, 0.6) is 0 Å². The van der Waals surface area contributed by atoms with E-state index >= 15 is 0 Å². The van der Waals surface area contributed by atoms with Gasteiger partial charge >= 0.3 is 0 Å². The number of H-pyrrole nitrogens is 1. The zero-order valence-corrected chi connectivity index (χ0v) is 12.1. The largest absolute Gasteiger partial charge is 0.361 e. The molecule has 2 rings (SSSR count). The maximum atomic E-state index is 4.66. The molecule has 4 nitrogen and oxygen atoms in total. The monoisotopic (exact) mass is 258 g/mol. The van der Waals surface area contributed by atoms with E-state index in [1.807, 2.05) is 38.0 Å². The van der Waals surface area contributed by atoms with E-state index < -0.39 is 0 Å². The van der Waals surface area contributed by atoms with Crippen LogP contribution in [0.15, 0.2) is 35.5 Å². The fourth-order valence-corrected chi connectivity index (χ4v) is 2.30. The van der Waals surface area contributed by atoms with Crippen molar-refractivity contribution in [2.75, 3.05) is 34.7 Å². The number of benzene rings is 1. The second-order valence-corrected chi connectivity index (χ2v) is 5.08. The molecule has 0 atom stereocenters. The summed E-state index contributed by atoms with van der Waals surface area (Å²) in [6.07, 6.45) is 3.04. The number of hydrogen-bond donors (Lipinski definition) is 1. The van der Waals surface area contributed by atoms with E-state index in [1.54, 1.807) is 0 Å². The van der Waals surface area contributed by atoms with Crippen LogP contribution in [0.3, 0.4) is 0 Å². The summed E-state index contributed by atoms with van der Waals surface area (Å²) in [4.78, 5) is 12.0. The summed E-state index contributed by atoms with van der Waals surface area (Å²) in [7, 11) is 8.07. The van der Waals surface area contributed by atoms with Gasteiger partial charge in [-0.15, -0.1) is 0 Å². The van der Waals surface area contributed by atoms with Crippen LogP contribution >= 0.6 is 0 Å². The highest BCUT2D eigenvalue weighted by molar-refractivity contribution is 5.83. The first kappa shape index (κ1) is 13.5. The summed E-state index contributed by atoms with van der Waals surface area (Å²) in [5.74, 6) is 1.000. The number of aromatic amines is 1. The molecule has 0 amide bonds. The van der Waals surface area contributed by atoms with Crippen molar-refractivity contribution in [2.24, 2.45) is 4.99 Å². The topological polar surface area (TPSA) is 34.6 Å². The van der Waals surface area contributed by atoms with Crippen LogP contribution in [-0.4, -0.2) is 55.5 Å². The molecule has 0 unspecified atom stereocenters. The lowest BCUT2D eigenvalue weighted by Gasteiger charge is -2.22. The number of rotatable bonds is 3. The number of aliphatic imine (C=N–C) groups is 1. The molecule has 1 N–H and O–H groups in total. The van der Waals surface area contributed by atoms with Gasteiger partial charge in [-0.1, -0.05) is 18.2 Å². The molecule has 0 aliphatic carbocycles. The Morgan fingerprint density at radius 2 is 1.79 bits per heavy atom. The van der Waals surface area contributed by atoms with Gasteiger partial charge in [0, 0.05) is 51.8 Å². The fraction of sp³-hybridized carbons (Fsp3) is 0.400. The molecule has 1 aromatic heterocycles. The molecule has 0 aliphatic heterocycles. The van der Waals surface area contributed by atoms with Gasteiger partial charge in [0.25, 0.3) is 0 Å². The molecule has 0 saturated carbocycles. The maximum absolute atomic E-state index is 4.66. The average Bonchev–Trinajstić information content (AvgIpc) is 2.77. The Labute approximate surface area is 114 Å². The molecule has 4 heteroatoms. The van der Waals surface area contributed by atoms with Crippen molar-refractivity contribution in [1.29, 1.82) is 0 Å². The highest BCUT2D eigenvalue weighted by atomic mass is 15.3. The molecule has 0 saturated heterocycles. The SMILES string of the molecule is CN(C)C(=NCCc1c[nH]c2ccccc12)N(C)C. The van der Waals surface area contributed by atoms with Crippen molar-refractivity contribution in [3.05, 3.63) is 36.0 Å². The molecular weight excluding hydrogens is 236 g/mol. The summed E-state index contributed by atoms with van der Waals surface area (Å²) in [5.41, 5.74) is 2.53. The Kier molecular flexibility index (Phi) is 4.10. The van der Waals surface area contributed by atoms with Gasteiger partial charge in [-0.05, 0) is 18.1 Å². The Hall–Kier alpha value is -1.97. The van der Waals surface area contributed by atoms with Gasteiger partial charge in [-0.2, -0.15) is 0 Å². The number of guanidine groups is 1. The first-order valence-electron chi connectivity index (χ1n) is 6.53. The molecule has 0 bridgehead atoms. The van der Waals surface area contributed by atoms with E-state index in [-0.39, 0.29) is 0 Å². The minimum atomic E-state index is 0.799. The van der Waals surface area contributed by atoms with Gasteiger partial charge in [0.2, 0.25) is 0 Å². The van der Waals surface area contributed by atoms with Crippen molar-refractivity contribution in [2.45, 2.75) is 6.42 Å². The number of hydrogen-bond acceptors (Lipinski definition) is 1. The Balaban J connectivity index is 2.08. The first-order chi connectivity index (χ1) is 9.09. The third kappa shape index (κ3) is 3.08. The summed E-state index contributed by atoms with van der Waals surface area (Å²) in [6, 6.07) is 8.39. The number of nitrogens with one attached hydrogen (secondary N) is 1. The van der Waals surface area contributed by atoms with E-state index in [1.165, 1.54) is 16.5 Å². The molecule has 102 valence electrons. The van der Waals surface area contributed by atoms with Gasteiger partial charge < -0.3 is 14.8 Å². The average molecular weight is 258 g/mol. The van der Waals surface area contributed by atoms with E-state index in [0.29, 0.717) is 0 Å². The lowest BCUT2D eigenvalue weighted by Crippen LogP contribution is -2.35. The minimum Gasteiger partial charge on any atom is -0.361 e. The van der Waals surface area contributed by atoms with Crippen molar-refractivity contribution in [3.8, 4) is 0 Å². The second-order valence-electron chi connectivity index (χ2n) is 5.08. The van der Waals surface area contributed by atoms with Gasteiger partial charge in [-0.3, -0.25) is 4.99 Å². The zero-order valence-electron chi connectivity index (χ0n) is 12.1. The van der Waals surface area contributed by atoms with E-state index in [0.717, 1.165) is 18.9 Å². The normalized spacial score (nSPS) is 10.5. The van der Waals surface area contributed by atoms with Crippen molar-refractivity contribution in [1.82, 2.24) is 14.8 Å². The van der Waals surface area contributed by atoms with Crippen molar-refractivity contribution >= 4 is 16.9 Å². The van der Waals surface area contributed by atoms with Crippen LogP contribution < -0.4 is 0 Å². The predicted molar refractivity (Wildman–Crippen MR) is 81.7 cm³/mol. The van der Waals surface area contributed by atoms with E-state index in [9.17, 15) is 0 Å². The van der Waals surface area contributed by atoms with Gasteiger partial charge in [-0.25, -0.2) is 0 Å². The molecule has 0 aliphatic rings. The highest BCUT2D eigenvalue weighted by Crippen LogP contribution is 2.17. The number of nitrogens with zero attached hydrogens (tertiary/aromatic N) is 3. The molecule has 0 radical (unpaired) electrons. The Morgan fingerprint density at radius 3 is 2.47 bits per heavy atom. The second kappa shape index (κ2) is 5.78. The van der Waals surface area contributed by atoms with Crippen LogP contribution in [0.4, 0.5) is 0 Å². The lowest BCUT2D eigenvalue weighted by atomic mass is 10.1. The van der Waals surface area contributed by atoms with Gasteiger partial charge in [0.05, 0.1) is 0 Å². The molecule has 0 fully saturated rings. The summed E-state index contributed by atoms with van der Waals surface area (Å²) < 4.78 is 0. The summed E-state index contributed by atoms with van der Waals surface area (Å²) in [6.45, 7) is 0.799. The summed E-state index contributed by atoms with van der Waals surface area (Å²) in [5, 5.41) is 1.30. The third-order valence-electron chi connectivity index (χ3n) is 3.11. The standard InChI is InChI=1S/C15H22N4/c1-18(2)15(19(3)4)16-10-9-12-11-17-14-8-6-5-7-13(12)14/h5-8,11,17H,9-10H2,1-4H3. The zero-order chi connectivity index (χ0) is 13.8. The Morgan fingerprint density at radius 1 is 1.11 bits per heavy atom. The molecule has 1 aromatic carbocycles. The molecule has 0 spiro atoms. The summed E-state index contributed by atoms with van der Waals surface area (Å²) >= 11 is 0. The Bertz CT molecular complexity index is 556. The van der Waals surface area contributed by atoms with Crippen LogP contribution in [0, 0.1) is 0 Å². The van der Waals surface area contributed by atoms with Gasteiger partial charge in [0.15, 0.2) is 5.96 Å². The molecular formula is C15H22N4. The van der Waals surface area contributed by atoms with E-state index in [2.05, 4.69) is 40.4 Å². The van der Waals surface area contributed by atoms with Crippen LogP contribution in [0.2, 0.25) is 0 Å². The number of para-hydroxylation sites is 1. The number of aromatic nitrogens is 1. The highest BCUT2D eigenvalue weighted by Gasteiger charge is 2.05. The fourth-order valence-electron chi connectivity index (χ4n) is 2.30. The van der Waals surface area contributed by atoms with E-state index in [4.69, 9.17) is 0 Å². The minimum absolute atomic E-state index is 0.799. The number of fused-ring (bicyclic) bond motifs is 1. The smallest absolute Gasteiger partial charge is 0.195 e. The van der Waals surface area contributed by atoms with Gasteiger partial charge in [0.1, 0.15) is 0 Å². The predicted octanol–water partition coefficient (Wildman–Crippen LogP) is 2.19. The molecule has 1 heterocycles. The first-order valence-corrected chi connectivity index (χ1v) is 6.53. The molecule has 19 heavy (non-hydrogen) atoms. The van der Waals surface area contributed by atoms with Crippen molar-refractivity contribution < 1.29 is 0 Å².